The Hall–Kier alpha value is -3.22. The van der Waals surface area contributed by atoms with E-state index in [0.717, 1.165) is 54.9 Å². The number of likely N-dealkylation sites (N-methyl/N-ethyl adjacent to an activating group) is 1. The van der Waals surface area contributed by atoms with Gasteiger partial charge in [0, 0.05) is 60.1 Å². The highest BCUT2D eigenvalue weighted by atomic mass is 35.5. The second-order valence-electron chi connectivity index (χ2n) is 9.58. The summed E-state index contributed by atoms with van der Waals surface area (Å²) in [6.45, 7) is 7.51. The van der Waals surface area contributed by atoms with Gasteiger partial charge in [-0.05, 0) is 68.7 Å². The van der Waals surface area contributed by atoms with Crippen molar-refractivity contribution >= 4 is 45.8 Å². The van der Waals surface area contributed by atoms with E-state index in [9.17, 15) is 4.39 Å². The van der Waals surface area contributed by atoms with Crippen molar-refractivity contribution in [2.45, 2.75) is 13.3 Å². The Balaban J connectivity index is 1.49. The molecular formula is C30H37ClFN7O2S. The summed E-state index contributed by atoms with van der Waals surface area (Å²) in [6.07, 6.45) is 4.82. The van der Waals surface area contributed by atoms with Gasteiger partial charge in [0.05, 0.1) is 11.2 Å². The number of hydrogen-bond donors (Lipinski definition) is 3. The predicted octanol–water partition coefficient (Wildman–Crippen LogP) is 5.78. The number of ether oxygens (including phenoxy) is 2. The van der Waals surface area contributed by atoms with Crippen LogP contribution in [0.2, 0.25) is 5.02 Å². The number of pyridine rings is 1. The van der Waals surface area contributed by atoms with Gasteiger partial charge in [0.15, 0.2) is 0 Å². The van der Waals surface area contributed by atoms with Crippen molar-refractivity contribution in [3.63, 3.8) is 0 Å². The normalized spacial score (nSPS) is 11.3. The number of aromatic nitrogens is 3. The van der Waals surface area contributed by atoms with Crippen LogP contribution in [0.15, 0.2) is 54.7 Å². The lowest BCUT2D eigenvalue weighted by Gasteiger charge is -2.16. The Kier molecular flexibility index (Phi) is 12.4. The summed E-state index contributed by atoms with van der Waals surface area (Å²) in [5.41, 5.74) is 2.65. The van der Waals surface area contributed by atoms with Crippen LogP contribution in [-0.4, -0.2) is 79.3 Å². The first kappa shape index (κ1) is 31.7. The number of nitrogens with one attached hydrogen (secondary N) is 3. The Bertz CT molecular complexity index is 1450. The van der Waals surface area contributed by atoms with Crippen molar-refractivity contribution < 1.29 is 13.9 Å². The van der Waals surface area contributed by atoms with Gasteiger partial charge < -0.3 is 25.0 Å². The summed E-state index contributed by atoms with van der Waals surface area (Å²) in [6, 6.07) is 13.7. The minimum absolute atomic E-state index is 0.248. The van der Waals surface area contributed by atoms with Gasteiger partial charge in [0.1, 0.15) is 30.5 Å². The molecule has 4 rings (SSSR count). The summed E-state index contributed by atoms with van der Waals surface area (Å²) in [5.74, 6) is 0.590. The lowest BCUT2D eigenvalue weighted by atomic mass is 10.1. The second-order valence-corrected chi connectivity index (χ2v) is 10.7. The SMILES string of the molecule is CCCN(C)CCNCCOc1ccc2c(Nc3cc(-c4cc(Cl)ccc4F)nnc3OCCNSC)ccnc2c1. The molecule has 0 aliphatic carbocycles. The summed E-state index contributed by atoms with van der Waals surface area (Å²) >= 11 is 7.63. The lowest BCUT2D eigenvalue weighted by Crippen LogP contribution is -2.31. The van der Waals surface area contributed by atoms with E-state index in [1.54, 1.807) is 12.3 Å². The van der Waals surface area contributed by atoms with E-state index in [-0.39, 0.29) is 5.56 Å². The molecule has 0 saturated carbocycles. The van der Waals surface area contributed by atoms with Crippen molar-refractivity contribution in [2.24, 2.45) is 0 Å². The summed E-state index contributed by atoms with van der Waals surface area (Å²) in [5, 5.41) is 16.6. The van der Waals surface area contributed by atoms with Crippen LogP contribution < -0.4 is 24.8 Å². The van der Waals surface area contributed by atoms with E-state index in [0.29, 0.717) is 42.0 Å². The number of hydrogen-bond acceptors (Lipinski definition) is 10. The standard InChI is InChI=1S/C30H37ClFN7O2S/c1-4-14-39(2)15-11-33-12-16-40-22-6-7-23-26(9-10-34-27(23)19-22)36-29-20-28(24-18-21(31)5-8-25(24)32)37-38-30(29)41-17-13-35-42-3/h5-10,18-20,33,35H,4,11-17H2,1-3H3,(H,34,36,37). The molecule has 42 heavy (non-hydrogen) atoms. The summed E-state index contributed by atoms with van der Waals surface area (Å²) < 4.78 is 29.7. The third kappa shape index (κ3) is 9.14. The van der Waals surface area contributed by atoms with E-state index in [1.165, 1.54) is 30.1 Å². The molecule has 2 heterocycles. The monoisotopic (exact) mass is 613 g/mol. The molecule has 12 heteroatoms. The lowest BCUT2D eigenvalue weighted by molar-refractivity contribution is 0.299. The number of benzene rings is 2. The van der Waals surface area contributed by atoms with Crippen molar-refractivity contribution in [3.05, 3.63) is 65.6 Å². The van der Waals surface area contributed by atoms with E-state index < -0.39 is 5.82 Å². The number of fused-ring (bicyclic) bond motifs is 1. The first-order valence-electron chi connectivity index (χ1n) is 13.9. The van der Waals surface area contributed by atoms with Crippen LogP contribution in [-0.2, 0) is 0 Å². The molecule has 0 aliphatic rings. The first-order chi connectivity index (χ1) is 20.5. The van der Waals surface area contributed by atoms with Gasteiger partial charge >= 0.3 is 0 Å². The van der Waals surface area contributed by atoms with Gasteiger partial charge in [-0.1, -0.05) is 30.5 Å². The maximum Gasteiger partial charge on any atom is 0.257 e. The second kappa shape index (κ2) is 16.4. The van der Waals surface area contributed by atoms with Gasteiger partial charge in [-0.15, -0.1) is 10.2 Å². The molecule has 0 saturated heterocycles. The molecule has 4 aromatic rings. The molecule has 224 valence electrons. The zero-order chi connectivity index (χ0) is 29.7. The number of rotatable bonds is 17. The van der Waals surface area contributed by atoms with Crippen LogP contribution in [0.1, 0.15) is 13.3 Å². The van der Waals surface area contributed by atoms with Gasteiger partial charge in [0.25, 0.3) is 5.88 Å². The van der Waals surface area contributed by atoms with Crippen LogP contribution in [0.3, 0.4) is 0 Å². The van der Waals surface area contributed by atoms with E-state index in [2.05, 4.69) is 49.4 Å². The molecular weight excluding hydrogens is 577 g/mol. The molecule has 0 aliphatic heterocycles. The van der Waals surface area contributed by atoms with Gasteiger partial charge in [0.2, 0.25) is 0 Å². The topological polar surface area (TPSA) is 96.5 Å². The maximum atomic E-state index is 14.6. The Morgan fingerprint density at radius 2 is 1.81 bits per heavy atom. The molecule has 0 spiro atoms. The van der Waals surface area contributed by atoms with Crippen LogP contribution in [0.5, 0.6) is 11.6 Å². The highest BCUT2D eigenvalue weighted by Crippen LogP contribution is 2.34. The Morgan fingerprint density at radius 1 is 0.952 bits per heavy atom. The zero-order valence-electron chi connectivity index (χ0n) is 24.1. The number of nitrogens with zero attached hydrogens (tertiary/aromatic N) is 4. The molecule has 0 amide bonds. The van der Waals surface area contributed by atoms with Gasteiger partial charge in [-0.25, -0.2) is 4.39 Å². The smallest absolute Gasteiger partial charge is 0.257 e. The van der Waals surface area contributed by atoms with Crippen molar-refractivity contribution in [1.82, 2.24) is 30.1 Å². The summed E-state index contributed by atoms with van der Waals surface area (Å²) in [4.78, 5) is 6.85. The fraction of sp³-hybridized carbons (Fsp3) is 0.367. The minimum Gasteiger partial charge on any atom is -0.492 e. The average Bonchev–Trinajstić information content (AvgIpc) is 2.99. The average molecular weight is 614 g/mol. The third-order valence-electron chi connectivity index (χ3n) is 6.36. The molecule has 0 atom stereocenters. The van der Waals surface area contributed by atoms with Crippen LogP contribution in [0.4, 0.5) is 15.8 Å². The molecule has 0 radical (unpaired) electrons. The maximum absolute atomic E-state index is 14.6. The molecule has 0 unspecified atom stereocenters. The summed E-state index contributed by atoms with van der Waals surface area (Å²) in [7, 11) is 2.13. The number of anilines is 2. The van der Waals surface area contributed by atoms with Crippen molar-refractivity contribution in [1.29, 1.82) is 0 Å². The van der Waals surface area contributed by atoms with E-state index in [1.807, 2.05) is 30.5 Å². The van der Waals surface area contributed by atoms with Gasteiger partial charge in [-0.3, -0.25) is 9.71 Å². The Labute approximate surface area is 255 Å². The van der Waals surface area contributed by atoms with Crippen molar-refractivity contribution in [2.75, 3.05) is 64.6 Å². The van der Waals surface area contributed by atoms with E-state index in [4.69, 9.17) is 21.1 Å². The molecule has 0 bridgehead atoms. The molecule has 9 nitrogen and oxygen atoms in total. The largest absolute Gasteiger partial charge is 0.492 e. The zero-order valence-corrected chi connectivity index (χ0v) is 25.7. The highest BCUT2D eigenvalue weighted by Gasteiger charge is 2.15. The fourth-order valence-corrected chi connectivity index (χ4v) is 4.75. The third-order valence-corrected chi connectivity index (χ3v) is 7.09. The van der Waals surface area contributed by atoms with Gasteiger partial charge in [-0.2, -0.15) is 0 Å². The van der Waals surface area contributed by atoms with E-state index >= 15 is 0 Å². The predicted molar refractivity (Wildman–Crippen MR) is 171 cm³/mol. The highest BCUT2D eigenvalue weighted by molar-refractivity contribution is 7.96. The molecule has 0 fully saturated rings. The van der Waals surface area contributed by atoms with Crippen LogP contribution >= 0.6 is 23.5 Å². The number of halogens is 2. The quantitative estimate of drug-likeness (QED) is 0.100. The molecule has 3 N–H and O–H groups in total. The first-order valence-corrected chi connectivity index (χ1v) is 15.5. The molecule has 2 aromatic heterocycles. The minimum atomic E-state index is -0.446. The van der Waals surface area contributed by atoms with Crippen LogP contribution in [0.25, 0.3) is 22.2 Å². The van der Waals surface area contributed by atoms with Crippen LogP contribution in [0, 0.1) is 5.82 Å². The van der Waals surface area contributed by atoms with Crippen molar-refractivity contribution in [3.8, 4) is 22.9 Å². The Morgan fingerprint density at radius 3 is 2.64 bits per heavy atom. The fourth-order valence-electron chi connectivity index (χ4n) is 4.29. The molecule has 2 aromatic carbocycles.